The molecule has 0 saturated heterocycles. The van der Waals surface area contributed by atoms with Crippen molar-refractivity contribution < 1.29 is 62.5 Å². The standard InChI is InChI=1S/C47H77N2O13PS/c1-3-5-7-9-11-13-15-17-18-19-21-23-25-27-29-34-45(53)59-35-39(36-60-63(57,58)61-37-40(48)46(54)55)62-47(56)41(49)38-64-43(42(50)31-30-33-44(51)52)32-28-26-24-22-20-16-14-12-10-8-6-4-2/h5,7,11-14,17-18,20,22,24,26,28,32,39-43,50H,3-4,6,8-10,15-16,19,21,23,25,27,29-31,33-38,48-49H2,1-2H3,(H,51,52)(H,54,55)(H,57,58)/b7-5-,13-11-,14-12-,18-17-,22-20-,26-24+,32-28+/t39-,40+,41+,42+,43-/m1/s1. The molecule has 15 nitrogen and oxygen atoms in total. The van der Waals surface area contributed by atoms with E-state index < -0.39 is 81.1 Å². The summed E-state index contributed by atoms with van der Waals surface area (Å²) in [6, 6.07) is -2.88. The van der Waals surface area contributed by atoms with Gasteiger partial charge >= 0.3 is 31.7 Å². The molecule has 0 rings (SSSR count). The molecule has 0 aromatic rings. The van der Waals surface area contributed by atoms with Gasteiger partial charge in [-0.2, -0.15) is 0 Å². The zero-order valence-electron chi connectivity index (χ0n) is 38.0. The Balaban J connectivity index is 5.32. The number of unbranched alkanes of at least 4 members (excludes halogenated alkanes) is 8. The van der Waals surface area contributed by atoms with E-state index in [1.54, 1.807) is 18.2 Å². The largest absolute Gasteiger partial charge is 0.481 e. The van der Waals surface area contributed by atoms with Crippen molar-refractivity contribution in [3.63, 3.8) is 0 Å². The molecule has 0 spiro atoms. The highest BCUT2D eigenvalue weighted by Gasteiger charge is 2.30. The maximum atomic E-state index is 13.2. The van der Waals surface area contributed by atoms with E-state index in [0.717, 1.165) is 76.0 Å². The lowest BCUT2D eigenvalue weighted by Crippen LogP contribution is -2.40. The number of aliphatic hydroxyl groups is 1. The number of hydrogen-bond acceptors (Lipinski definition) is 13. The molecule has 0 heterocycles. The molecule has 0 bridgehead atoms. The van der Waals surface area contributed by atoms with E-state index in [-0.39, 0.29) is 31.4 Å². The lowest BCUT2D eigenvalue weighted by molar-refractivity contribution is -0.161. The molecule has 0 aromatic carbocycles. The third-order valence-electron chi connectivity index (χ3n) is 9.13. The first-order chi connectivity index (χ1) is 30.7. The van der Waals surface area contributed by atoms with Crippen LogP contribution < -0.4 is 11.5 Å². The van der Waals surface area contributed by atoms with Gasteiger partial charge in [-0.1, -0.05) is 131 Å². The number of allylic oxidation sites excluding steroid dienone is 13. The van der Waals surface area contributed by atoms with Gasteiger partial charge in [0, 0.05) is 23.8 Å². The molecule has 17 heteroatoms. The molecular formula is C47H77N2O13PS. The summed E-state index contributed by atoms with van der Waals surface area (Å²) in [6.45, 7) is 2.11. The van der Waals surface area contributed by atoms with Crippen LogP contribution >= 0.6 is 19.6 Å². The number of nitrogens with two attached hydrogens (primary N) is 2. The SMILES string of the molecule is CC/C=C\C/C=C\C/C=C\CCCCCCCC(=O)OC[C@H](COP(=O)(O)OC[C@H](N)C(=O)O)OC(=O)[C@@H](N)CS[C@H](/C=C/C=C/C=C\C/C=C\CCCCC)[C@@H](O)CCCC(=O)O. The maximum absolute atomic E-state index is 13.2. The lowest BCUT2D eigenvalue weighted by atomic mass is 10.1. The van der Waals surface area contributed by atoms with Gasteiger partial charge in [-0.25, -0.2) is 4.57 Å². The second-order valence-corrected chi connectivity index (χ2v) is 17.7. The predicted octanol–water partition coefficient (Wildman–Crippen LogP) is 8.82. The van der Waals surface area contributed by atoms with E-state index in [4.69, 9.17) is 35.7 Å². The average molecular weight is 941 g/mol. The van der Waals surface area contributed by atoms with E-state index >= 15 is 0 Å². The van der Waals surface area contributed by atoms with Gasteiger partial charge in [-0.3, -0.25) is 28.2 Å². The number of carbonyl (C=O) groups is 4. The van der Waals surface area contributed by atoms with Crippen LogP contribution in [0.3, 0.4) is 0 Å². The third kappa shape index (κ3) is 37.7. The minimum atomic E-state index is -4.89. The van der Waals surface area contributed by atoms with Crippen molar-refractivity contribution in [3.05, 3.63) is 85.1 Å². The minimum Gasteiger partial charge on any atom is -0.481 e. The van der Waals surface area contributed by atoms with Gasteiger partial charge in [0.2, 0.25) is 0 Å². The highest BCUT2D eigenvalue weighted by atomic mass is 32.2. The number of carbonyl (C=O) groups excluding carboxylic acids is 2. The zero-order valence-corrected chi connectivity index (χ0v) is 39.7. The Morgan fingerprint density at radius 2 is 1.27 bits per heavy atom. The fraction of sp³-hybridized carbons (Fsp3) is 0.617. The fourth-order valence-corrected chi connectivity index (χ4v) is 7.35. The Morgan fingerprint density at radius 1 is 0.672 bits per heavy atom. The summed E-state index contributed by atoms with van der Waals surface area (Å²) < 4.78 is 32.8. The topological polar surface area (TPSA) is 255 Å². The fourth-order valence-electron chi connectivity index (χ4n) is 5.44. The first kappa shape index (κ1) is 60.4. The Kier molecular flexibility index (Phi) is 38.6. The summed E-state index contributed by atoms with van der Waals surface area (Å²) >= 11 is 1.15. The van der Waals surface area contributed by atoms with Crippen molar-refractivity contribution in [2.45, 2.75) is 159 Å². The number of carboxylic acids is 2. The summed E-state index contributed by atoms with van der Waals surface area (Å²) in [6.07, 6.45) is 39.9. The van der Waals surface area contributed by atoms with Crippen LogP contribution in [-0.2, 0) is 42.3 Å². The number of aliphatic hydroxyl groups excluding tert-OH is 1. The van der Waals surface area contributed by atoms with Crippen molar-refractivity contribution in [1.82, 2.24) is 0 Å². The molecule has 0 fully saturated rings. The Hall–Kier alpha value is -3.60. The van der Waals surface area contributed by atoms with E-state index in [1.807, 2.05) is 18.2 Å². The smallest absolute Gasteiger partial charge is 0.472 e. The van der Waals surface area contributed by atoms with E-state index in [9.17, 15) is 33.7 Å². The second kappa shape index (κ2) is 40.9. The number of rotatable bonds is 41. The predicted molar refractivity (Wildman–Crippen MR) is 254 cm³/mol. The van der Waals surface area contributed by atoms with Crippen LogP contribution in [0.25, 0.3) is 0 Å². The first-order valence-electron chi connectivity index (χ1n) is 22.6. The number of thioether (sulfide) groups is 1. The average Bonchev–Trinajstić information content (AvgIpc) is 3.26. The molecule has 0 aromatic heterocycles. The number of ether oxygens (including phenoxy) is 2. The summed E-state index contributed by atoms with van der Waals surface area (Å²) in [5.74, 6) is -4.05. The third-order valence-corrected chi connectivity index (χ3v) is 11.5. The van der Waals surface area contributed by atoms with Crippen LogP contribution in [0.5, 0.6) is 0 Å². The Labute approximate surface area is 385 Å². The van der Waals surface area contributed by atoms with Gasteiger partial charge in [0.15, 0.2) is 6.10 Å². The zero-order chi connectivity index (χ0) is 47.7. The quantitative estimate of drug-likeness (QED) is 0.0110. The van der Waals surface area contributed by atoms with Gasteiger partial charge in [0.25, 0.3) is 0 Å². The van der Waals surface area contributed by atoms with Gasteiger partial charge in [-0.15, -0.1) is 11.8 Å². The van der Waals surface area contributed by atoms with Crippen molar-refractivity contribution in [3.8, 4) is 0 Å². The van der Waals surface area contributed by atoms with Gasteiger partial charge in [-0.05, 0) is 70.6 Å². The lowest BCUT2D eigenvalue weighted by Gasteiger charge is -2.23. The number of carboxylic acid groups (broad SMARTS) is 2. The van der Waals surface area contributed by atoms with Crippen LogP contribution in [-0.4, -0.2) is 99.2 Å². The summed E-state index contributed by atoms with van der Waals surface area (Å²) in [7, 11) is -4.89. The normalized spacial score (nSPS) is 15.8. The van der Waals surface area contributed by atoms with E-state index in [2.05, 4.69) is 67.0 Å². The summed E-state index contributed by atoms with van der Waals surface area (Å²) in [4.78, 5) is 57.9. The van der Waals surface area contributed by atoms with Crippen molar-refractivity contribution >= 4 is 43.5 Å². The Morgan fingerprint density at radius 3 is 1.92 bits per heavy atom. The van der Waals surface area contributed by atoms with Crippen LogP contribution in [0, 0.1) is 0 Å². The van der Waals surface area contributed by atoms with E-state index in [1.165, 1.54) is 19.3 Å². The monoisotopic (exact) mass is 940 g/mol. The van der Waals surface area contributed by atoms with Crippen molar-refractivity contribution in [2.75, 3.05) is 25.6 Å². The van der Waals surface area contributed by atoms with Gasteiger partial charge < -0.3 is 41.2 Å². The molecule has 0 radical (unpaired) electrons. The summed E-state index contributed by atoms with van der Waals surface area (Å²) in [5, 5.41) is 28.3. The first-order valence-corrected chi connectivity index (χ1v) is 25.1. The molecule has 0 aliphatic heterocycles. The molecule has 0 aliphatic carbocycles. The molecule has 1 unspecified atom stereocenters. The molecule has 0 aliphatic rings. The van der Waals surface area contributed by atoms with E-state index in [0.29, 0.717) is 6.42 Å². The van der Waals surface area contributed by atoms with Crippen LogP contribution in [0.4, 0.5) is 0 Å². The summed E-state index contributed by atoms with van der Waals surface area (Å²) in [5.41, 5.74) is 11.5. The highest BCUT2D eigenvalue weighted by Crippen LogP contribution is 2.43. The van der Waals surface area contributed by atoms with Crippen molar-refractivity contribution in [1.29, 1.82) is 0 Å². The molecule has 6 atom stereocenters. The highest BCUT2D eigenvalue weighted by molar-refractivity contribution is 8.00. The maximum Gasteiger partial charge on any atom is 0.472 e. The Bertz CT molecular complexity index is 1530. The number of hydrogen-bond donors (Lipinski definition) is 6. The van der Waals surface area contributed by atoms with Crippen LogP contribution in [0.1, 0.15) is 129 Å². The molecular weight excluding hydrogens is 864 g/mol. The number of esters is 2. The van der Waals surface area contributed by atoms with Gasteiger partial charge in [0.05, 0.1) is 19.3 Å². The number of phosphoric ester groups is 1. The molecule has 0 amide bonds. The van der Waals surface area contributed by atoms with Crippen LogP contribution in [0.2, 0.25) is 0 Å². The molecule has 8 N–H and O–H groups in total. The van der Waals surface area contributed by atoms with Crippen molar-refractivity contribution in [2.24, 2.45) is 11.5 Å². The molecule has 64 heavy (non-hydrogen) atoms. The molecule has 364 valence electrons. The number of aliphatic carboxylic acids is 2. The number of phosphoric acid groups is 1. The second-order valence-electron chi connectivity index (χ2n) is 15.0. The van der Waals surface area contributed by atoms with Crippen LogP contribution in [0.15, 0.2) is 85.1 Å². The minimum absolute atomic E-state index is 0.0507. The van der Waals surface area contributed by atoms with Gasteiger partial charge in [0.1, 0.15) is 18.7 Å². The molecule has 0 saturated carbocycles.